The summed E-state index contributed by atoms with van der Waals surface area (Å²) in [5.41, 5.74) is 0.478. The van der Waals surface area contributed by atoms with Crippen LogP contribution < -0.4 is 0 Å². The molecular formula is C6H3ClFN3. The van der Waals surface area contributed by atoms with Crippen LogP contribution in [0.15, 0.2) is 18.5 Å². The quantitative estimate of drug-likeness (QED) is 0.602. The average molecular weight is 172 g/mol. The maximum Gasteiger partial charge on any atom is 0.214 e. The molecule has 2 aromatic rings. The molecule has 11 heavy (non-hydrogen) atoms. The maximum atomic E-state index is 12.7. The number of hydrogen-bond acceptors (Lipinski definition) is 2. The molecule has 0 spiro atoms. The molecule has 3 nitrogen and oxygen atoms in total. The van der Waals surface area contributed by atoms with Crippen molar-refractivity contribution in [3.05, 3.63) is 29.6 Å². The van der Waals surface area contributed by atoms with Crippen LogP contribution in [0.4, 0.5) is 4.39 Å². The van der Waals surface area contributed by atoms with Gasteiger partial charge < -0.3 is 0 Å². The standard InChI is InChI=1S/C6H3ClFN3/c7-6-4-1-2-5(8)11(4)10-3-9-6/h1-3H. The molecule has 2 rings (SSSR count). The van der Waals surface area contributed by atoms with Gasteiger partial charge in [-0.3, -0.25) is 0 Å². The van der Waals surface area contributed by atoms with Crippen LogP contribution in [-0.4, -0.2) is 14.6 Å². The first-order valence-electron chi connectivity index (χ1n) is 2.93. The highest BCUT2D eigenvalue weighted by Crippen LogP contribution is 2.14. The summed E-state index contributed by atoms with van der Waals surface area (Å²) < 4.78 is 13.8. The fraction of sp³-hybridized carbons (Fsp3) is 0. The van der Waals surface area contributed by atoms with Crippen LogP contribution in [0.1, 0.15) is 0 Å². The molecule has 0 aliphatic heterocycles. The molecule has 0 radical (unpaired) electrons. The lowest BCUT2D eigenvalue weighted by Gasteiger charge is -1.93. The Morgan fingerprint density at radius 1 is 1.45 bits per heavy atom. The maximum absolute atomic E-state index is 12.7. The first-order valence-corrected chi connectivity index (χ1v) is 3.30. The fourth-order valence-corrected chi connectivity index (χ4v) is 1.06. The third kappa shape index (κ3) is 0.867. The summed E-state index contributed by atoms with van der Waals surface area (Å²) in [6.45, 7) is 0. The first-order chi connectivity index (χ1) is 5.29. The monoisotopic (exact) mass is 171 g/mol. The Morgan fingerprint density at radius 3 is 3.00 bits per heavy atom. The molecule has 0 atom stereocenters. The highest BCUT2D eigenvalue weighted by molar-refractivity contribution is 6.32. The zero-order valence-electron chi connectivity index (χ0n) is 5.33. The Hall–Kier alpha value is -1.16. The molecule has 0 aliphatic rings. The Labute approximate surface area is 66.4 Å². The molecule has 5 heteroatoms. The number of rotatable bonds is 0. The van der Waals surface area contributed by atoms with E-state index in [0.717, 1.165) is 4.52 Å². The SMILES string of the molecule is Fc1ccc2c(Cl)ncnn12. The summed E-state index contributed by atoms with van der Waals surface area (Å²) in [7, 11) is 0. The van der Waals surface area contributed by atoms with E-state index in [4.69, 9.17) is 11.6 Å². The number of aromatic nitrogens is 3. The van der Waals surface area contributed by atoms with Gasteiger partial charge in [0.15, 0.2) is 5.15 Å². The second-order valence-corrected chi connectivity index (χ2v) is 2.36. The molecule has 0 fully saturated rings. The number of hydrogen-bond donors (Lipinski definition) is 0. The number of fused-ring (bicyclic) bond motifs is 1. The van der Waals surface area contributed by atoms with Crippen molar-refractivity contribution in [2.45, 2.75) is 0 Å². The molecule has 0 aliphatic carbocycles. The van der Waals surface area contributed by atoms with Gasteiger partial charge in [0.05, 0.1) is 0 Å². The molecule has 0 aromatic carbocycles. The second-order valence-electron chi connectivity index (χ2n) is 2.00. The largest absolute Gasteiger partial charge is 0.221 e. The van der Waals surface area contributed by atoms with E-state index in [1.165, 1.54) is 18.5 Å². The van der Waals surface area contributed by atoms with E-state index in [2.05, 4.69) is 10.1 Å². The first kappa shape index (κ1) is 6.54. The number of nitrogens with zero attached hydrogens (tertiary/aromatic N) is 3. The van der Waals surface area contributed by atoms with Crippen LogP contribution in [0.3, 0.4) is 0 Å². The van der Waals surface area contributed by atoms with E-state index in [0.29, 0.717) is 5.52 Å². The van der Waals surface area contributed by atoms with E-state index >= 15 is 0 Å². The minimum absolute atomic E-state index is 0.254. The fourth-order valence-electron chi connectivity index (χ4n) is 0.872. The Morgan fingerprint density at radius 2 is 2.27 bits per heavy atom. The van der Waals surface area contributed by atoms with Crippen LogP contribution in [-0.2, 0) is 0 Å². The minimum atomic E-state index is -0.440. The van der Waals surface area contributed by atoms with Crippen molar-refractivity contribution in [2.24, 2.45) is 0 Å². The third-order valence-electron chi connectivity index (χ3n) is 1.36. The van der Waals surface area contributed by atoms with Crippen LogP contribution >= 0.6 is 11.6 Å². The molecule has 0 saturated heterocycles. The van der Waals surface area contributed by atoms with Gasteiger partial charge in [0, 0.05) is 0 Å². The van der Waals surface area contributed by atoms with Gasteiger partial charge in [0.2, 0.25) is 5.95 Å². The molecule has 0 N–H and O–H groups in total. The van der Waals surface area contributed by atoms with E-state index in [9.17, 15) is 4.39 Å². The Kier molecular flexibility index (Phi) is 1.29. The molecular weight excluding hydrogens is 169 g/mol. The zero-order valence-corrected chi connectivity index (χ0v) is 6.09. The van der Waals surface area contributed by atoms with E-state index in [1.807, 2.05) is 0 Å². The second kappa shape index (κ2) is 2.17. The third-order valence-corrected chi connectivity index (χ3v) is 1.65. The lowest BCUT2D eigenvalue weighted by atomic mass is 10.5. The van der Waals surface area contributed by atoms with Crippen molar-refractivity contribution in [3.8, 4) is 0 Å². The van der Waals surface area contributed by atoms with Crippen molar-refractivity contribution in [1.82, 2.24) is 14.6 Å². The lowest BCUT2D eigenvalue weighted by molar-refractivity contribution is 0.547. The molecule has 2 aromatic heterocycles. The predicted octanol–water partition coefficient (Wildman–Crippen LogP) is 1.52. The van der Waals surface area contributed by atoms with Gasteiger partial charge in [-0.05, 0) is 12.1 Å². The number of halogens is 2. The van der Waals surface area contributed by atoms with Crippen molar-refractivity contribution in [2.75, 3.05) is 0 Å². The topological polar surface area (TPSA) is 30.2 Å². The molecule has 2 heterocycles. The summed E-state index contributed by atoms with van der Waals surface area (Å²) in [5, 5.41) is 3.90. The Bertz CT molecular complexity index is 398. The lowest BCUT2D eigenvalue weighted by Crippen LogP contribution is -1.94. The summed E-state index contributed by atoms with van der Waals surface area (Å²) in [5.74, 6) is -0.440. The molecule has 0 amide bonds. The van der Waals surface area contributed by atoms with Crippen molar-refractivity contribution < 1.29 is 4.39 Å². The molecule has 56 valence electrons. The predicted molar refractivity (Wildman–Crippen MR) is 38.0 cm³/mol. The van der Waals surface area contributed by atoms with Gasteiger partial charge in [0.1, 0.15) is 11.8 Å². The van der Waals surface area contributed by atoms with E-state index < -0.39 is 5.95 Å². The molecule has 0 bridgehead atoms. The highest BCUT2D eigenvalue weighted by Gasteiger charge is 2.03. The van der Waals surface area contributed by atoms with Crippen molar-refractivity contribution in [1.29, 1.82) is 0 Å². The smallest absolute Gasteiger partial charge is 0.214 e. The van der Waals surface area contributed by atoms with Gasteiger partial charge in [-0.2, -0.15) is 9.49 Å². The normalized spacial score (nSPS) is 10.7. The van der Waals surface area contributed by atoms with E-state index in [1.54, 1.807) is 0 Å². The van der Waals surface area contributed by atoms with Gasteiger partial charge in [0.25, 0.3) is 0 Å². The molecule has 0 unspecified atom stereocenters. The van der Waals surface area contributed by atoms with Gasteiger partial charge in [-0.15, -0.1) is 0 Å². The minimum Gasteiger partial charge on any atom is -0.221 e. The highest BCUT2D eigenvalue weighted by atomic mass is 35.5. The molecule has 0 saturated carbocycles. The Balaban J connectivity index is 2.94. The zero-order chi connectivity index (χ0) is 7.84. The van der Waals surface area contributed by atoms with Gasteiger partial charge >= 0.3 is 0 Å². The van der Waals surface area contributed by atoms with Gasteiger partial charge in [-0.25, -0.2) is 9.50 Å². The van der Waals surface area contributed by atoms with Gasteiger partial charge in [-0.1, -0.05) is 11.6 Å². The van der Waals surface area contributed by atoms with E-state index in [-0.39, 0.29) is 5.15 Å². The summed E-state index contributed by atoms with van der Waals surface area (Å²) >= 11 is 5.63. The summed E-state index contributed by atoms with van der Waals surface area (Å²) in [4.78, 5) is 3.69. The summed E-state index contributed by atoms with van der Waals surface area (Å²) in [6.07, 6.45) is 1.21. The van der Waals surface area contributed by atoms with Crippen molar-refractivity contribution >= 4 is 17.1 Å². The average Bonchev–Trinajstić information content (AvgIpc) is 2.35. The van der Waals surface area contributed by atoms with Crippen LogP contribution in [0.2, 0.25) is 5.15 Å². The van der Waals surface area contributed by atoms with Crippen LogP contribution in [0, 0.1) is 5.95 Å². The van der Waals surface area contributed by atoms with Crippen molar-refractivity contribution in [3.63, 3.8) is 0 Å². The van der Waals surface area contributed by atoms with Crippen LogP contribution in [0.25, 0.3) is 5.52 Å². The summed E-state index contributed by atoms with van der Waals surface area (Å²) in [6, 6.07) is 2.81. The van der Waals surface area contributed by atoms with Crippen LogP contribution in [0.5, 0.6) is 0 Å².